The molecule has 7 heteroatoms. The number of anilines is 1. The monoisotopic (exact) mass is 281 g/mol. The van der Waals surface area contributed by atoms with Gasteiger partial charge in [0.15, 0.2) is 0 Å². The van der Waals surface area contributed by atoms with Gasteiger partial charge >= 0.3 is 11.9 Å². The third-order valence-electron chi connectivity index (χ3n) is 2.51. The molecule has 0 aliphatic carbocycles. The number of methoxy groups -OCH3 is 1. The Morgan fingerprint density at radius 3 is 2.45 bits per heavy atom. The molecular formula is C13H15NO6. The summed E-state index contributed by atoms with van der Waals surface area (Å²) in [6.07, 6.45) is 0.147. The van der Waals surface area contributed by atoms with Gasteiger partial charge in [-0.2, -0.15) is 0 Å². The molecule has 1 aromatic rings. The average Bonchev–Trinajstić information content (AvgIpc) is 2.38. The Labute approximate surface area is 115 Å². The summed E-state index contributed by atoms with van der Waals surface area (Å²) in [5, 5.41) is 19.9. The minimum absolute atomic E-state index is 0.0200. The number of carbonyl (C=O) groups excluding carboxylic acids is 1. The highest BCUT2D eigenvalue weighted by Crippen LogP contribution is 2.25. The molecule has 7 nitrogen and oxygen atoms in total. The van der Waals surface area contributed by atoms with Crippen LogP contribution in [0.15, 0.2) is 18.2 Å². The van der Waals surface area contributed by atoms with Crippen LogP contribution in [0.25, 0.3) is 0 Å². The number of carboxylic acids is 2. The summed E-state index contributed by atoms with van der Waals surface area (Å²) >= 11 is 0. The van der Waals surface area contributed by atoms with Crippen LogP contribution in [-0.2, 0) is 9.59 Å². The quantitative estimate of drug-likeness (QED) is 0.699. The fraction of sp³-hybridized carbons (Fsp3) is 0.308. The van der Waals surface area contributed by atoms with Gasteiger partial charge in [-0.1, -0.05) is 0 Å². The first kappa shape index (κ1) is 15.5. The molecule has 3 N–H and O–H groups in total. The molecule has 0 heterocycles. The zero-order valence-corrected chi connectivity index (χ0v) is 10.9. The lowest BCUT2D eigenvalue weighted by Crippen LogP contribution is -2.13. The first-order valence-corrected chi connectivity index (χ1v) is 5.87. The Kier molecular flexibility index (Phi) is 5.52. The van der Waals surface area contributed by atoms with Crippen LogP contribution in [-0.4, -0.2) is 35.2 Å². The van der Waals surface area contributed by atoms with Crippen molar-refractivity contribution in [1.82, 2.24) is 0 Å². The Hall–Kier alpha value is -2.57. The summed E-state index contributed by atoms with van der Waals surface area (Å²) in [4.78, 5) is 32.8. The third kappa shape index (κ3) is 4.60. The number of amides is 1. The highest BCUT2D eigenvalue weighted by Gasteiger charge is 2.12. The summed E-state index contributed by atoms with van der Waals surface area (Å²) in [6.45, 7) is 0. The molecule has 0 atom stereocenters. The van der Waals surface area contributed by atoms with E-state index < -0.39 is 17.8 Å². The molecule has 0 spiro atoms. The minimum Gasteiger partial charge on any atom is -0.495 e. The second-order valence-electron chi connectivity index (χ2n) is 4.02. The van der Waals surface area contributed by atoms with Crippen LogP contribution in [0.1, 0.15) is 29.6 Å². The first-order valence-electron chi connectivity index (χ1n) is 5.87. The Morgan fingerprint density at radius 2 is 1.90 bits per heavy atom. The van der Waals surface area contributed by atoms with Crippen molar-refractivity contribution in [2.24, 2.45) is 0 Å². The van der Waals surface area contributed by atoms with Gasteiger partial charge in [0.25, 0.3) is 0 Å². The zero-order valence-electron chi connectivity index (χ0n) is 10.9. The Morgan fingerprint density at radius 1 is 1.20 bits per heavy atom. The van der Waals surface area contributed by atoms with Crippen molar-refractivity contribution in [1.29, 1.82) is 0 Å². The predicted molar refractivity (Wildman–Crippen MR) is 70.1 cm³/mol. The molecule has 0 aromatic heterocycles. The van der Waals surface area contributed by atoms with Crippen LogP contribution in [0, 0.1) is 0 Å². The van der Waals surface area contributed by atoms with Gasteiger partial charge in [0, 0.05) is 12.8 Å². The van der Waals surface area contributed by atoms with E-state index in [0.29, 0.717) is 5.75 Å². The van der Waals surface area contributed by atoms with Crippen LogP contribution < -0.4 is 10.1 Å². The number of hydrogen-bond donors (Lipinski definition) is 3. The van der Waals surface area contributed by atoms with Gasteiger partial charge in [0.05, 0.1) is 18.4 Å². The maximum Gasteiger partial charge on any atom is 0.335 e. The number of rotatable bonds is 7. The summed E-state index contributed by atoms with van der Waals surface area (Å²) in [7, 11) is 1.40. The predicted octanol–water partition coefficient (Wildman–Crippen LogP) is 1.59. The number of benzene rings is 1. The largest absolute Gasteiger partial charge is 0.495 e. The topological polar surface area (TPSA) is 113 Å². The summed E-state index contributed by atoms with van der Waals surface area (Å²) in [6, 6.07) is 4.09. The van der Waals surface area contributed by atoms with Crippen LogP contribution in [0.5, 0.6) is 5.75 Å². The number of hydrogen-bond acceptors (Lipinski definition) is 4. The van der Waals surface area contributed by atoms with Gasteiger partial charge in [-0.05, 0) is 24.6 Å². The molecule has 1 amide bonds. The Bertz CT molecular complexity index is 526. The van der Waals surface area contributed by atoms with E-state index in [4.69, 9.17) is 14.9 Å². The molecule has 0 radical (unpaired) electrons. The molecule has 0 aliphatic rings. The molecule has 1 aromatic carbocycles. The molecule has 108 valence electrons. The molecular weight excluding hydrogens is 266 g/mol. The number of carbonyl (C=O) groups is 3. The number of aromatic carboxylic acids is 1. The van der Waals surface area contributed by atoms with Crippen molar-refractivity contribution in [3.8, 4) is 5.75 Å². The summed E-state index contributed by atoms with van der Waals surface area (Å²) in [5.74, 6) is -2.15. The lowest BCUT2D eigenvalue weighted by molar-refractivity contribution is -0.137. The number of aliphatic carboxylic acids is 1. The van der Waals surface area contributed by atoms with E-state index in [-0.39, 0.29) is 30.5 Å². The van der Waals surface area contributed by atoms with Gasteiger partial charge < -0.3 is 20.3 Å². The van der Waals surface area contributed by atoms with E-state index in [1.165, 1.54) is 25.3 Å². The minimum atomic E-state index is -1.12. The number of carboxylic acid groups (broad SMARTS) is 2. The Balaban J connectivity index is 2.74. The van der Waals surface area contributed by atoms with Gasteiger partial charge in [-0.3, -0.25) is 9.59 Å². The first-order chi connectivity index (χ1) is 9.43. The SMILES string of the molecule is COc1ccc(C(=O)O)cc1NC(=O)CCCC(=O)O. The second kappa shape index (κ2) is 7.13. The smallest absolute Gasteiger partial charge is 0.335 e. The van der Waals surface area contributed by atoms with Gasteiger partial charge in [0.2, 0.25) is 5.91 Å². The van der Waals surface area contributed by atoms with Crippen molar-refractivity contribution in [2.45, 2.75) is 19.3 Å². The fourth-order valence-electron chi connectivity index (χ4n) is 1.55. The van der Waals surface area contributed by atoms with Crippen molar-refractivity contribution in [3.05, 3.63) is 23.8 Å². The molecule has 1 rings (SSSR count). The molecule has 0 saturated carbocycles. The summed E-state index contributed by atoms with van der Waals surface area (Å²) < 4.78 is 5.02. The number of nitrogens with one attached hydrogen (secondary N) is 1. The van der Waals surface area contributed by atoms with Crippen molar-refractivity contribution >= 4 is 23.5 Å². The summed E-state index contributed by atoms with van der Waals surface area (Å²) in [5.41, 5.74) is 0.263. The van der Waals surface area contributed by atoms with E-state index >= 15 is 0 Å². The van der Waals surface area contributed by atoms with Gasteiger partial charge in [-0.25, -0.2) is 4.79 Å². The number of ether oxygens (including phenoxy) is 1. The van der Waals surface area contributed by atoms with Crippen LogP contribution in [0.3, 0.4) is 0 Å². The molecule has 0 fully saturated rings. The van der Waals surface area contributed by atoms with Crippen molar-refractivity contribution in [3.63, 3.8) is 0 Å². The highest BCUT2D eigenvalue weighted by atomic mass is 16.5. The maximum absolute atomic E-state index is 11.6. The van der Waals surface area contributed by atoms with E-state index in [2.05, 4.69) is 5.32 Å². The molecule has 0 saturated heterocycles. The molecule has 20 heavy (non-hydrogen) atoms. The molecule has 0 bridgehead atoms. The standard InChI is InChI=1S/C13H15NO6/c1-20-10-6-5-8(13(18)19)7-9(10)14-11(15)3-2-4-12(16)17/h5-7H,2-4H2,1H3,(H,14,15)(H,16,17)(H,18,19). The molecule has 0 aliphatic heterocycles. The van der Waals surface area contributed by atoms with Gasteiger partial charge in [0.1, 0.15) is 5.75 Å². The van der Waals surface area contributed by atoms with Crippen LogP contribution in [0.4, 0.5) is 5.69 Å². The highest BCUT2D eigenvalue weighted by molar-refractivity contribution is 5.95. The lowest BCUT2D eigenvalue weighted by Gasteiger charge is -2.10. The normalized spacial score (nSPS) is 9.85. The van der Waals surface area contributed by atoms with E-state index in [1.54, 1.807) is 0 Å². The average molecular weight is 281 g/mol. The van der Waals surface area contributed by atoms with Gasteiger partial charge in [-0.15, -0.1) is 0 Å². The maximum atomic E-state index is 11.6. The van der Waals surface area contributed by atoms with Crippen LogP contribution >= 0.6 is 0 Å². The van der Waals surface area contributed by atoms with E-state index in [1.807, 2.05) is 0 Å². The fourth-order valence-corrected chi connectivity index (χ4v) is 1.55. The van der Waals surface area contributed by atoms with E-state index in [9.17, 15) is 14.4 Å². The molecule has 0 unspecified atom stereocenters. The second-order valence-corrected chi connectivity index (χ2v) is 4.02. The lowest BCUT2D eigenvalue weighted by atomic mass is 10.1. The third-order valence-corrected chi connectivity index (χ3v) is 2.51. The van der Waals surface area contributed by atoms with Crippen molar-refractivity contribution < 1.29 is 29.3 Å². The zero-order chi connectivity index (χ0) is 15.1. The van der Waals surface area contributed by atoms with Crippen LogP contribution in [0.2, 0.25) is 0 Å². The van der Waals surface area contributed by atoms with E-state index in [0.717, 1.165) is 0 Å². The van der Waals surface area contributed by atoms with Crippen molar-refractivity contribution in [2.75, 3.05) is 12.4 Å².